The van der Waals surface area contributed by atoms with Crippen LogP contribution in [0.5, 0.6) is 0 Å². The van der Waals surface area contributed by atoms with Crippen LogP contribution in [0.2, 0.25) is 5.02 Å². The van der Waals surface area contributed by atoms with Crippen LogP contribution >= 0.6 is 11.6 Å². The van der Waals surface area contributed by atoms with E-state index in [1.165, 1.54) is 31.0 Å². The van der Waals surface area contributed by atoms with Gasteiger partial charge in [0.1, 0.15) is 0 Å². The third-order valence-corrected chi connectivity index (χ3v) is 1.88. The van der Waals surface area contributed by atoms with Gasteiger partial charge >= 0.3 is 23.1 Å². The van der Waals surface area contributed by atoms with Gasteiger partial charge in [-0.05, 0) is 17.9 Å². The van der Waals surface area contributed by atoms with Crippen LogP contribution in [0, 0.1) is 11.9 Å². The molecule has 0 radical (unpaired) electrons. The molecule has 2 rings (SSSR count). The molecule has 5 heteroatoms. The molecule has 0 aromatic heterocycles. The van der Waals surface area contributed by atoms with Crippen molar-refractivity contribution in [1.29, 1.82) is 0 Å². The number of rotatable bonds is 0. The van der Waals surface area contributed by atoms with Crippen molar-refractivity contribution >= 4 is 34.7 Å². The first-order valence-electron chi connectivity index (χ1n) is 4.19. The van der Waals surface area contributed by atoms with Gasteiger partial charge in [0.25, 0.3) is 0 Å². The van der Waals surface area contributed by atoms with Crippen molar-refractivity contribution in [2.75, 3.05) is 13.2 Å². The first-order chi connectivity index (χ1) is 6.30. The maximum absolute atomic E-state index is 12.2. The van der Waals surface area contributed by atoms with Crippen molar-refractivity contribution in [3.63, 3.8) is 0 Å². The third-order valence-electron chi connectivity index (χ3n) is 1.59. The van der Waals surface area contributed by atoms with E-state index in [1.807, 2.05) is 0 Å². The Labute approximate surface area is 121 Å². The quantitative estimate of drug-likeness (QED) is 0.472. The molecule has 1 aromatic rings. The summed E-state index contributed by atoms with van der Waals surface area (Å²) in [5.41, 5.74) is 0. The summed E-state index contributed by atoms with van der Waals surface area (Å²) >= 11 is 5.30. The molecule has 0 N–H and O–H groups in total. The van der Waals surface area contributed by atoms with Crippen LogP contribution in [0.25, 0.3) is 0 Å². The molecule has 1 heterocycles. The molecule has 0 spiro atoms. The van der Waals surface area contributed by atoms with E-state index in [4.69, 9.17) is 16.3 Å². The SMILES string of the molecule is C1CCOC1.Fc1cc[c-]cc1Cl.[Br-].[Mg+2]. The van der Waals surface area contributed by atoms with Gasteiger partial charge in [-0.2, -0.15) is 29.8 Å². The fourth-order valence-corrected chi connectivity index (χ4v) is 1.03. The molecule has 0 atom stereocenters. The van der Waals surface area contributed by atoms with Crippen molar-refractivity contribution in [2.24, 2.45) is 0 Å². The molecule has 0 unspecified atom stereocenters. The van der Waals surface area contributed by atoms with Gasteiger partial charge in [0, 0.05) is 19.0 Å². The van der Waals surface area contributed by atoms with E-state index in [0.29, 0.717) is 0 Å². The molecule has 1 aromatic carbocycles. The summed E-state index contributed by atoms with van der Waals surface area (Å²) in [6.45, 7) is 2.00. The predicted octanol–water partition coefficient (Wildman–Crippen LogP) is -0.301. The van der Waals surface area contributed by atoms with Gasteiger partial charge in [-0.1, -0.05) is 0 Å². The van der Waals surface area contributed by atoms with Gasteiger partial charge in [0.05, 0.1) is 0 Å². The normalized spacial score (nSPS) is 12.9. The first-order valence-corrected chi connectivity index (χ1v) is 4.57. The van der Waals surface area contributed by atoms with Crippen molar-refractivity contribution in [1.82, 2.24) is 0 Å². The van der Waals surface area contributed by atoms with Gasteiger partial charge in [0.2, 0.25) is 0 Å². The number of hydrogen-bond acceptors (Lipinski definition) is 1. The molecule has 1 aliphatic rings. The van der Waals surface area contributed by atoms with Gasteiger partial charge in [-0.15, -0.1) is 6.07 Å². The van der Waals surface area contributed by atoms with Crippen molar-refractivity contribution < 1.29 is 26.1 Å². The Morgan fingerprint density at radius 1 is 1.33 bits per heavy atom. The summed E-state index contributed by atoms with van der Waals surface area (Å²) in [7, 11) is 0. The van der Waals surface area contributed by atoms with Crippen LogP contribution in [0.3, 0.4) is 0 Å². The van der Waals surface area contributed by atoms with Crippen LogP contribution in [0.4, 0.5) is 4.39 Å². The zero-order valence-electron chi connectivity index (χ0n) is 8.31. The minimum Gasteiger partial charge on any atom is -1.00 e. The minimum absolute atomic E-state index is 0. The van der Waals surface area contributed by atoms with Gasteiger partial charge < -0.3 is 21.7 Å². The van der Waals surface area contributed by atoms with Crippen LogP contribution in [0.1, 0.15) is 12.8 Å². The van der Waals surface area contributed by atoms with E-state index in [2.05, 4.69) is 6.07 Å². The maximum atomic E-state index is 12.2. The summed E-state index contributed by atoms with van der Waals surface area (Å²) in [4.78, 5) is 0. The Kier molecular flexibility index (Phi) is 13.4. The zero-order valence-corrected chi connectivity index (χ0v) is 12.1. The summed E-state index contributed by atoms with van der Waals surface area (Å²) in [6.07, 6.45) is 2.56. The molecular weight excluding hydrogens is 295 g/mol. The van der Waals surface area contributed by atoms with E-state index >= 15 is 0 Å². The first kappa shape index (κ1) is 18.0. The zero-order chi connectivity index (χ0) is 9.52. The minimum atomic E-state index is -0.398. The standard InChI is InChI=1S/C6H3ClF.C4H8O.BrH.Mg/c7-5-3-1-2-4-6(5)8;1-2-4-5-3-1;;/h2-4H;1-4H2;1H;/q-1;;;+2/p-1. The Morgan fingerprint density at radius 3 is 2.20 bits per heavy atom. The van der Waals surface area contributed by atoms with E-state index in [9.17, 15) is 4.39 Å². The molecule has 80 valence electrons. The largest absolute Gasteiger partial charge is 2.00 e. The second-order valence-corrected chi connectivity index (χ2v) is 3.07. The second-order valence-electron chi connectivity index (χ2n) is 2.66. The monoisotopic (exact) mass is 304 g/mol. The molecule has 0 saturated carbocycles. The van der Waals surface area contributed by atoms with Crippen LogP contribution in [-0.2, 0) is 4.74 Å². The molecule has 1 nitrogen and oxygen atoms in total. The van der Waals surface area contributed by atoms with Gasteiger partial charge in [-0.25, -0.2) is 4.39 Å². The molecule has 1 saturated heterocycles. The van der Waals surface area contributed by atoms with Crippen molar-refractivity contribution in [2.45, 2.75) is 12.8 Å². The fourth-order valence-electron chi connectivity index (χ4n) is 0.901. The van der Waals surface area contributed by atoms with E-state index in [-0.39, 0.29) is 45.1 Å². The molecule has 1 fully saturated rings. The Morgan fingerprint density at radius 2 is 1.93 bits per heavy atom. The number of benzene rings is 1. The van der Waals surface area contributed by atoms with E-state index in [1.54, 1.807) is 0 Å². The predicted molar refractivity (Wildman–Crippen MR) is 56.1 cm³/mol. The summed E-state index contributed by atoms with van der Waals surface area (Å²) < 4.78 is 17.1. The number of ether oxygens (including phenoxy) is 1. The van der Waals surface area contributed by atoms with Crippen LogP contribution in [-0.4, -0.2) is 36.3 Å². The molecule has 0 amide bonds. The second kappa shape index (κ2) is 11.1. The molecule has 0 bridgehead atoms. The smallest absolute Gasteiger partial charge is 1.00 e. The van der Waals surface area contributed by atoms with Crippen molar-refractivity contribution in [3.8, 4) is 0 Å². The Bertz CT molecular complexity index is 230. The molecular formula is C10H11BrClFMgO. The molecule has 0 aliphatic carbocycles. The van der Waals surface area contributed by atoms with Gasteiger partial charge in [0.15, 0.2) is 0 Å². The molecule has 1 aliphatic heterocycles. The maximum Gasteiger partial charge on any atom is 2.00 e. The fraction of sp³-hybridized carbons (Fsp3) is 0.400. The Hall–Kier alpha value is 0.646. The average molecular weight is 306 g/mol. The van der Waals surface area contributed by atoms with Crippen molar-refractivity contribution in [3.05, 3.63) is 35.1 Å². The van der Waals surface area contributed by atoms with E-state index in [0.717, 1.165) is 13.2 Å². The number of hydrogen-bond donors (Lipinski definition) is 0. The third kappa shape index (κ3) is 8.45. The average Bonchev–Trinajstić information content (AvgIpc) is 2.68. The number of halogens is 3. The summed E-state index contributed by atoms with van der Waals surface area (Å²) in [6, 6.07) is 6.75. The summed E-state index contributed by atoms with van der Waals surface area (Å²) in [5.74, 6) is -0.398. The Balaban J connectivity index is 0. The van der Waals surface area contributed by atoms with Crippen LogP contribution < -0.4 is 17.0 Å². The van der Waals surface area contributed by atoms with Crippen LogP contribution in [0.15, 0.2) is 18.2 Å². The summed E-state index contributed by atoms with van der Waals surface area (Å²) in [5, 5.41) is 0.118. The van der Waals surface area contributed by atoms with Gasteiger partial charge in [-0.3, -0.25) is 0 Å². The molecule has 15 heavy (non-hydrogen) atoms. The van der Waals surface area contributed by atoms with E-state index < -0.39 is 5.82 Å². The topological polar surface area (TPSA) is 9.23 Å².